The summed E-state index contributed by atoms with van der Waals surface area (Å²) in [6.07, 6.45) is 3.13. The van der Waals surface area contributed by atoms with Crippen molar-refractivity contribution in [1.82, 2.24) is 0 Å². The van der Waals surface area contributed by atoms with Crippen molar-refractivity contribution in [2.24, 2.45) is 11.7 Å². The zero-order chi connectivity index (χ0) is 11.7. The minimum absolute atomic E-state index is 0. The molecule has 17 heavy (non-hydrogen) atoms. The number of nitro groups is 1. The van der Waals surface area contributed by atoms with E-state index < -0.39 is 4.92 Å². The van der Waals surface area contributed by atoms with Crippen molar-refractivity contribution in [3.63, 3.8) is 0 Å². The van der Waals surface area contributed by atoms with Crippen LogP contribution in [0.1, 0.15) is 30.9 Å². The van der Waals surface area contributed by atoms with E-state index in [2.05, 4.69) is 0 Å². The Labute approximate surface area is 105 Å². The maximum atomic E-state index is 10.6. The van der Waals surface area contributed by atoms with E-state index in [1.54, 1.807) is 0 Å². The lowest BCUT2D eigenvalue weighted by atomic mass is 10.0. The van der Waals surface area contributed by atoms with Crippen LogP contribution in [0.5, 0.6) is 5.75 Å². The van der Waals surface area contributed by atoms with Crippen molar-refractivity contribution in [2.75, 3.05) is 0 Å². The molecule has 1 aromatic rings. The molecule has 1 aliphatic rings. The quantitative estimate of drug-likeness (QED) is 0.641. The lowest BCUT2D eigenvalue weighted by molar-refractivity contribution is -0.385. The molecule has 0 saturated heterocycles. The lowest BCUT2D eigenvalue weighted by Crippen LogP contribution is -2.11. The molecule has 0 bridgehead atoms. The van der Waals surface area contributed by atoms with Crippen LogP contribution in [0.3, 0.4) is 0 Å². The second kappa shape index (κ2) is 5.33. The second-order valence-corrected chi connectivity index (χ2v) is 4.29. The lowest BCUT2D eigenvalue weighted by Gasteiger charge is -2.12. The van der Waals surface area contributed by atoms with Crippen molar-refractivity contribution in [3.05, 3.63) is 33.9 Å². The predicted octanol–water partition coefficient (Wildman–Crippen LogP) is 2.52. The summed E-state index contributed by atoms with van der Waals surface area (Å²) < 4.78 is 0. The molecule has 0 spiro atoms. The monoisotopic (exact) mass is 258 g/mol. The molecule has 1 aliphatic carbocycles. The number of nitrogens with zero attached hydrogens (tertiary/aromatic N) is 1. The number of rotatable bonds is 4. The summed E-state index contributed by atoms with van der Waals surface area (Å²) in [7, 11) is 0. The summed E-state index contributed by atoms with van der Waals surface area (Å²) in [5.41, 5.74) is 6.37. The Bertz CT molecular complexity index is 421. The number of nitro benzene ring substituents is 1. The van der Waals surface area contributed by atoms with Gasteiger partial charge in [0.25, 0.3) is 5.69 Å². The number of non-ortho nitro benzene ring substituents is 1. The van der Waals surface area contributed by atoms with E-state index in [-0.39, 0.29) is 29.9 Å². The van der Waals surface area contributed by atoms with Gasteiger partial charge in [0.2, 0.25) is 0 Å². The van der Waals surface area contributed by atoms with Gasteiger partial charge in [-0.2, -0.15) is 0 Å². The van der Waals surface area contributed by atoms with Gasteiger partial charge < -0.3 is 10.8 Å². The zero-order valence-corrected chi connectivity index (χ0v) is 10.0. The fourth-order valence-corrected chi connectivity index (χ4v) is 1.79. The highest BCUT2D eigenvalue weighted by Crippen LogP contribution is 2.39. The molecule has 0 amide bonds. The molecule has 94 valence electrons. The van der Waals surface area contributed by atoms with Crippen LogP contribution in [0.4, 0.5) is 5.69 Å². The predicted molar refractivity (Wildman–Crippen MR) is 66.3 cm³/mol. The Morgan fingerprint density at radius 2 is 2.18 bits per heavy atom. The first-order chi connectivity index (χ1) is 7.58. The Balaban J connectivity index is 0.00000144. The molecule has 1 aromatic carbocycles. The smallest absolute Gasteiger partial charge is 0.270 e. The number of halogens is 1. The number of nitrogens with two attached hydrogens (primary N) is 1. The van der Waals surface area contributed by atoms with Crippen molar-refractivity contribution < 1.29 is 10.0 Å². The van der Waals surface area contributed by atoms with Crippen LogP contribution in [0, 0.1) is 16.0 Å². The molecule has 0 unspecified atom stereocenters. The van der Waals surface area contributed by atoms with Crippen LogP contribution in [-0.4, -0.2) is 10.0 Å². The van der Waals surface area contributed by atoms with E-state index in [1.165, 1.54) is 31.0 Å². The number of hydrogen-bond acceptors (Lipinski definition) is 4. The van der Waals surface area contributed by atoms with E-state index in [4.69, 9.17) is 5.73 Å². The number of aromatic hydroxyl groups is 1. The van der Waals surface area contributed by atoms with Crippen LogP contribution in [-0.2, 0) is 0 Å². The van der Waals surface area contributed by atoms with Gasteiger partial charge in [0.15, 0.2) is 0 Å². The average Bonchev–Trinajstić information content (AvgIpc) is 3.01. The molecule has 1 saturated carbocycles. The Kier molecular flexibility index (Phi) is 4.31. The Hall–Kier alpha value is -1.33. The van der Waals surface area contributed by atoms with Crippen LogP contribution in [0.15, 0.2) is 18.2 Å². The molecule has 1 atom stereocenters. The molecule has 6 heteroatoms. The second-order valence-electron chi connectivity index (χ2n) is 4.29. The number of hydrogen-bond donors (Lipinski definition) is 2. The fraction of sp³-hybridized carbons (Fsp3) is 0.455. The fourth-order valence-electron chi connectivity index (χ4n) is 1.79. The normalized spacial score (nSPS) is 16.1. The van der Waals surface area contributed by atoms with Crippen molar-refractivity contribution in [3.8, 4) is 5.75 Å². The standard InChI is InChI=1S/C11H14N2O3.ClH/c12-10(5-7-1-2-7)9-6-8(13(15)16)3-4-11(9)14;/h3-4,6-7,10,14H,1-2,5,12H2;1H/t10-;/m0./s1. The number of benzene rings is 1. The van der Waals surface area contributed by atoms with E-state index >= 15 is 0 Å². The molecular formula is C11H15ClN2O3. The van der Waals surface area contributed by atoms with Crippen molar-refractivity contribution in [1.29, 1.82) is 0 Å². The van der Waals surface area contributed by atoms with E-state index in [0.29, 0.717) is 11.5 Å². The highest BCUT2D eigenvalue weighted by molar-refractivity contribution is 5.85. The van der Waals surface area contributed by atoms with Crippen LogP contribution in [0.2, 0.25) is 0 Å². The van der Waals surface area contributed by atoms with E-state index in [0.717, 1.165) is 6.42 Å². The minimum atomic E-state index is -0.479. The van der Waals surface area contributed by atoms with Gasteiger partial charge in [-0.05, 0) is 18.4 Å². The van der Waals surface area contributed by atoms with Gasteiger partial charge in [0, 0.05) is 23.7 Å². The topological polar surface area (TPSA) is 89.4 Å². The van der Waals surface area contributed by atoms with Crippen molar-refractivity contribution >= 4 is 18.1 Å². The molecule has 1 fully saturated rings. The maximum absolute atomic E-state index is 10.6. The van der Waals surface area contributed by atoms with Crippen LogP contribution in [0.25, 0.3) is 0 Å². The van der Waals surface area contributed by atoms with Gasteiger partial charge in [-0.15, -0.1) is 12.4 Å². The summed E-state index contributed by atoms with van der Waals surface area (Å²) in [6, 6.07) is 3.66. The van der Waals surface area contributed by atoms with Gasteiger partial charge >= 0.3 is 0 Å². The molecule has 3 N–H and O–H groups in total. The van der Waals surface area contributed by atoms with E-state index in [1.807, 2.05) is 0 Å². The van der Waals surface area contributed by atoms with E-state index in [9.17, 15) is 15.2 Å². The first-order valence-corrected chi connectivity index (χ1v) is 5.31. The minimum Gasteiger partial charge on any atom is -0.508 e. The van der Waals surface area contributed by atoms with Crippen LogP contribution >= 0.6 is 12.4 Å². The van der Waals surface area contributed by atoms with Gasteiger partial charge in [-0.3, -0.25) is 10.1 Å². The number of phenols is 1. The summed E-state index contributed by atoms with van der Waals surface area (Å²) in [5, 5.41) is 20.2. The molecule has 2 rings (SSSR count). The van der Waals surface area contributed by atoms with Crippen LogP contribution < -0.4 is 5.73 Å². The van der Waals surface area contributed by atoms with Gasteiger partial charge in [0.1, 0.15) is 5.75 Å². The summed E-state index contributed by atoms with van der Waals surface area (Å²) in [4.78, 5) is 10.1. The average molecular weight is 259 g/mol. The van der Waals surface area contributed by atoms with Gasteiger partial charge in [0.05, 0.1) is 4.92 Å². The maximum Gasteiger partial charge on any atom is 0.270 e. The number of phenolic OH excluding ortho intramolecular Hbond substituents is 1. The highest BCUT2D eigenvalue weighted by Gasteiger charge is 2.26. The molecule has 5 nitrogen and oxygen atoms in total. The zero-order valence-electron chi connectivity index (χ0n) is 9.20. The van der Waals surface area contributed by atoms with Crippen molar-refractivity contribution in [2.45, 2.75) is 25.3 Å². The molecule has 0 aromatic heterocycles. The first kappa shape index (κ1) is 13.7. The molecule has 0 aliphatic heterocycles. The molecular weight excluding hydrogens is 244 g/mol. The van der Waals surface area contributed by atoms with Gasteiger partial charge in [-0.1, -0.05) is 12.8 Å². The largest absolute Gasteiger partial charge is 0.508 e. The molecule has 0 radical (unpaired) electrons. The first-order valence-electron chi connectivity index (χ1n) is 5.31. The third-order valence-corrected chi connectivity index (χ3v) is 2.91. The summed E-state index contributed by atoms with van der Waals surface area (Å²) >= 11 is 0. The Morgan fingerprint density at radius 1 is 1.53 bits per heavy atom. The highest BCUT2D eigenvalue weighted by atomic mass is 35.5. The third kappa shape index (κ3) is 3.31. The van der Waals surface area contributed by atoms with Gasteiger partial charge in [-0.25, -0.2) is 0 Å². The Morgan fingerprint density at radius 3 is 2.71 bits per heavy atom. The molecule has 0 heterocycles. The summed E-state index contributed by atoms with van der Waals surface area (Å²) in [6.45, 7) is 0. The SMILES string of the molecule is Cl.N[C@@H](CC1CC1)c1cc([N+](=O)[O-])ccc1O. The third-order valence-electron chi connectivity index (χ3n) is 2.91. The summed E-state index contributed by atoms with van der Waals surface area (Å²) in [5.74, 6) is 0.660.